The quantitative estimate of drug-likeness (QED) is 0.444. The summed E-state index contributed by atoms with van der Waals surface area (Å²) in [6, 6.07) is 3.17. The number of hydrogen-bond donors (Lipinski definition) is 4. The van der Waals surface area contributed by atoms with Crippen LogP contribution in [0.4, 0.5) is 0 Å². The van der Waals surface area contributed by atoms with Crippen LogP contribution < -0.4 is 21.7 Å². The smallest absolute Gasteiger partial charge is 0.284 e. The molecule has 0 saturated carbocycles. The van der Waals surface area contributed by atoms with Crippen LogP contribution in [0.3, 0.4) is 0 Å². The zero-order valence-electron chi connectivity index (χ0n) is 14.0. The number of amides is 2. The first-order chi connectivity index (χ1) is 10.7. The van der Waals surface area contributed by atoms with Crippen molar-refractivity contribution >= 4 is 17.8 Å². The van der Waals surface area contributed by atoms with Gasteiger partial charge < -0.3 is 26.1 Å². The van der Waals surface area contributed by atoms with Gasteiger partial charge in [-0.2, -0.15) is 0 Å². The lowest BCUT2D eigenvalue weighted by Crippen LogP contribution is -2.43. The maximum atomic E-state index is 11.8. The molecule has 128 valence electrons. The second-order valence-electron chi connectivity index (χ2n) is 5.98. The number of primary amides is 1. The molecule has 0 atom stereocenters. The highest BCUT2D eigenvalue weighted by Crippen LogP contribution is 2.06. The van der Waals surface area contributed by atoms with Crippen molar-refractivity contribution in [2.45, 2.75) is 39.8 Å². The zero-order chi connectivity index (χ0) is 17.5. The van der Waals surface area contributed by atoms with Crippen molar-refractivity contribution in [3.63, 3.8) is 0 Å². The van der Waals surface area contributed by atoms with E-state index in [-0.39, 0.29) is 23.8 Å². The molecule has 1 rings (SSSR count). The third-order valence-corrected chi connectivity index (χ3v) is 2.57. The highest BCUT2D eigenvalue weighted by Gasteiger charge is 2.13. The molecule has 8 heteroatoms. The first kappa shape index (κ1) is 18.5. The number of nitrogens with two attached hydrogens (primary N) is 1. The van der Waals surface area contributed by atoms with Gasteiger partial charge in [-0.15, -0.1) is 0 Å². The van der Waals surface area contributed by atoms with E-state index in [2.05, 4.69) is 20.9 Å². The molecule has 1 aromatic heterocycles. The molecular weight excluding hydrogens is 298 g/mol. The fraction of sp³-hybridized carbons (Fsp3) is 0.533. The molecule has 23 heavy (non-hydrogen) atoms. The lowest BCUT2D eigenvalue weighted by atomic mass is 10.1. The van der Waals surface area contributed by atoms with Gasteiger partial charge in [-0.05, 0) is 39.8 Å². The van der Waals surface area contributed by atoms with E-state index in [0.717, 1.165) is 0 Å². The fourth-order valence-electron chi connectivity index (χ4n) is 1.73. The monoisotopic (exact) mass is 323 g/mol. The lowest BCUT2D eigenvalue weighted by Gasteiger charge is -2.20. The minimum atomic E-state index is -0.615. The van der Waals surface area contributed by atoms with Crippen LogP contribution in [0.15, 0.2) is 21.5 Å². The van der Waals surface area contributed by atoms with Gasteiger partial charge in [-0.25, -0.2) is 4.99 Å². The molecule has 1 aromatic rings. The average molecular weight is 323 g/mol. The Morgan fingerprint density at radius 1 is 1.26 bits per heavy atom. The van der Waals surface area contributed by atoms with Gasteiger partial charge in [0.15, 0.2) is 11.7 Å². The number of aliphatic imine (C=N–C) groups is 1. The van der Waals surface area contributed by atoms with Gasteiger partial charge >= 0.3 is 0 Å². The summed E-state index contributed by atoms with van der Waals surface area (Å²) in [5.74, 6) is 0.352. The maximum Gasteiger partial charge on any atom is 0.284 e. The molecule has 0 fully saturated rings. The van der Waals surface area contributed by atoms with Crippen LogP contribution in [0.25, 0.3) is 0 Å². The van der Waals surface area contributed by atoms with E-state index < -0.39 is 5.91 Å². The normalized spacial score (nSPS) is 11.9. The van der Waals surface area contributed by atoms with Gasteiger partial charge in [0.05, 0.1) is 6.54 Å². The minimum Gasteiger partial charge on any atom is -0.454 e. The fourth-order valence-corrected chi connectivity index (χ4v) is 1.73. The molecule has 0 aliphatic carbocycles. The third-order valence-electron chi connectivity index (χ3n) is 2.57. The van der Waals surface area contributed by atoms with Crippen molar-refractivity contribution in [1.82, 2.24) is 16.0 Å². The Bertz CT molecular complexity index is 572. The molecule has 0 aromatic carbocycles. The number of rotatable bonds is 6. The predicted molar refractivity (Wildman–Crippen MR) is 87.9 cm³/mol. The summed E-state index contributed by atoms with van der Waals surface area (Å²) in [5, 5.41) is 8.88. The Kier molecular flexibility index (Phi) is 6.62. The van der Waals surface area contributed by atoms with Crippen molar-refractivity contribution < 1.29 is 14.0 Å². The van der Waals surface area contributed by atoms with E-state index in [9.17, 15) is 9.59 Å². The Balaban J connectivity index is 2.58. The topological polar surface area (TPSA) is 122 Å². The summed E-state index contributed by atoms with van der Waals surface area (Å²) in [4.78, 5) is 27.0. The van der Waals surface area contributed by atoms with Gasteiger partial charge in [0, 0.05) is 12.1 Å². The Hall–Kier alpha value is -2.51. The molecular formula is C15H25N5O3. The van der Waals surface area contributed by atoms with Crippen molar-refractivity contribution in [3.05, 3.63) is 23.7 Å². The molecule has 0 aliphatic rings. The number of furan rings is 1. The lowest BCUT2D eigenvalue weighted by molar-refractivity contribution is -0.121. The molecule has 5 N–H and O–H groups in total. The van der Waals surface area contributed by atoms with Crippen molar-refractivity contribution in [3.8, 4) is 0 Å². The van der Waals surface area contributed by atoms with Crippen LogP contribution in [0.2, 0.25) is 0 Å². The van der Waals surface area contributed by atoms with Crippen LogP contribution >= 0.6 is 0 Å². The highest BCUT2D eigenvalue weighted by molar-refractivity contribution is 5.90. The second-order valence-corrected chi connectivity index (χ2v) is 5.98. The molecule has 0 bridgehead atoms. The van der Waals surface area contributed by atoms with Gasteiger partial charge in [0.25, 0.3) is 5.91 Å². The summed E-state index contributed by atoms with van der Waals surface area (Å²) in [7, 11) is 0. The zero-order valence-corrected chi connectivity index (χ0v) is 14.0. The summed E-state index contributed by atoms with van der Waals surface area (Å²) >= 11 is 0. The second kappa shape index (κ2) is 8.21. The van der Waals surface area contributed by atoms with Crippen LogP contribution in [-0.4, -0.2) is 36.4 Å². The van der Waals surface area contributed by atoms with Gasteiger partial charge in [0.1, 0.15) is 12.3 Å². The van der Waals surface area contributed by atoms with Crippen LogP contribution in [0, 0.1) is 0 Å². The van der Waals surface area contributed by atoms with Crippen LogP contribution in [0.1, 0.15) is 44.0 Å². The van der Waals surface area contributed by atoms with Gasteiger partial charge in [-0.3, -0.25) is 9.59 Å². The van der Waals surface area contributed by atoms with Crippen LogP contribution in [0.5, 0.6) is 0 Å². The summed E-state index contributed by atoms with van der Waals surface area (Å²) in [5.41, 5.74) is 4.83. The number of nitrogens with one attached hydrogen (secondary N) is 3. The maximum absolute atomic E-state index is 11.8. The summed E-state index contributed by atoms with van der Waals surface area (Å²) in [6.07, 6.45) is 0. The predicted octanol–water partition coefficient (Wildman–Crippen LogP) is 0.348. The number of carbonyl (C=O) groups excluding carboxylic acids is 2. The highest BCUT2D eigenvalue weighted by atomic mass is 16.3. The Morgan fingerprint density at radius 3 is 2.48 bits per heavy atom. The molecule has 0 saturated heterocycles. The van der Waals surface area contributed by atoms with E-state index in [1.807, 2.05) is 27.7 Å². The van der Waals surface area contributed by atoms with E-state index >= 15 is 0 Å². The molecule has 0 unspecified atom stereocenters. The standard InChI is InChI=1S/C15H25N5O3/c1-5-17-14(19-9-12(21)20-15(2,3)4)18-8-10-6-7-11(23-10)13(16)22/h6-7H,5,8-9H2,1-4H3,(H2,16,22)(H,20,21)(H2,17,18,19). The Morgan fingerprint density at radius 2 is 1.96 bits per heavy atom. The molecule has 0 aliphatic heterocycles. The Labute approximate surface area is 135 Å². The minimum absolute atomic E-state index is 0.0112. The first-order valence-corrected chi connectivity index (χ1v) is 7.43. The molecule has 8 nitrogen and oxygen atoms in total. The molecule has 0 radical (unpaired) electrons. The van der Waals surface area contributed by atoms with E-state index in [1.165, 1.54) is 6.07 Å². The summed E-state index contributed by atoms with van der Waals surface area (Å²) in [6.45, 7) is 8.63. The van der Waals surface area contributed by atoms with Crippen LogP contribution in [-0.2, 0) is 11.3 Å². The van der Waals surface area contributed by atoms with Crippen molar-refractivity contribution in [2.24, 2.45) is 10.7 Å². The SMILES string of the molecule is CCNC(=NCC(=O)NC(C)(C)C)NCc1ccc(C(N)=O)o1. The van der Waals surface area contributed by atoms with E-state index in [0.29, 0.717) is 24.8 Å². The molecule has 1 heterocycles. The average Bonchev–Trinajstić information content (AvgIpc) is 2.89. The first-order valence-electron chi connectivity index (χ1n) is 7.43. The summed E-state index contributed by atoms with van der Waals surface area (Å²) < 4.78 is 5.27. The third kappa shape index (κ3) is 7.35. The van der Waals surface area contributed by atoms with Crippen molar-refractivity contribution in [1.29, 1.82) is 0 Å². The molecule has 2 amide bonds. The van der Waals surface area contributed by atoms with Gasteiger partial charge in [-0.1, -0.05) is 0 Å². The number of hydrogen-bond acceptors (Lipinski definition) is 4. The number of guanidine groups is 1. The number of nitrogens with zero attached hydrogens (tertiary/aromatic N) is 1. The van der Waals surface area contributed by atoms with E-state index in [1.54, 1.807) is 6.07 Å². The van der Waals surface area contributed by atoms with E-state index in [4.69, 9.17) is 10.2 Å². The molecule has 0 spiro atoms. The van der Waals surface area contributed by atoms with Crippen molar-refractivity contribution in [2.75, 3.05) is 13.1 Å². The van der Waals surface area contributed by atoms with Gasteiger partial charge in [0.2, 0.25) is 5.91 Å². The largest absolute Gasteiger partial charge is 0.454 e. The number of carbonyl (C=O) groups is 2.